The maximum atomic E-state index is 11.0. The minimum Gasteiger partial charge on any atom is -0.507 e. The smallest absolute Gasteiger partial charge is 0.341 e. The first-order valence-corrected chi connectivity index (χ1v) is 3.65. The van der Waals surface area contributed by atoms with Crippen molar-refractivity contribution in [3.63, 3.8) is 0 Å². The van der Waals surface area contributed by atoms with Crippen LogP contribution in [0.25, 0.3) is 10.4 Å². The molecule has 14 heavy (non-hydrogen) atoms. The molecule has 0 amide bonds. The van der Waals surface area contributed by atoms with Gasteiger partial charge in [0, 0.05) is 10.6 Å². The predicted octanol–water partition coefficient (Wildman–Crippen LogP) is 2.12. The lowest BCUT2D eigenvalue weighted by Gasteiger charge is -2.02. The lowest BCUT2D eigenvalue weighted by molar-refractivity contribution is 0.0597. The number of hydrogen-bond donors (Lipinski definition) is 1. The Labute approximate surface area is 79.4 Å². The number of benzene rings is 1. The predicted molar refractivity (Wildman–Crippen MR) is 48.3 cm³/mol. The van der Waals surface area contributed by atoms with Gasteiger partial charge in [-0.1, -0.05) is 11.2 Å². The summed E-state index contributed by atoms with van der Waals surface area (Å²) in [5, 5.41) is 12.6. The van der Waals surface area contributed by atoms with E-state index in [0.717, 1.165) is 0 Å². The van der Waals surface area contributed by atoms with Gasteiger partial charge in [0.25, 0.3) is 0 Å². The summed E-state index contributed by atoms with van der Waals surface area (Å²) >= 11 is 0. The monoisotopic (exact) mass is 193 g/mol. The minimum absolute atomic E-state index is 0.0318. The number of phenols is 1. The largest absolute Gasteiger partial charge is 0.507 e. The molecule has 0 aliphatic rings. The van der Waals surface area contributed by atoms with Gasteiger partial charge in [-0.25, -0.2) is 4.79 Å². The van der Waals surface area contributed by atoms with E-state index >= 15 is 0 Å². The highest BCUT2D eigenvalue weighted by atomic mass is 16.5. The number of hydrogen-bond acceptors (Lipinski definition) is 4. The molecule has 0 heterocycles. The van der Waals surface area contributed by atoms with Gasteiger partial charge in [-0.15, -0.1) is 0 Å². The van der Waals surface area contributed by atoms with Crippen LogP contribution in [-0.4, -0.2) is 18.2 Å². The number of aromatic hydroxyl groups is 1. The highest BCUT2D eigenvalue weighted by molar-refractivity contribution is 5.92. The number of carbonyl (C=O) groups excluding carboxylic acids is 1. The van der Waals surface area contributed by atoms with Crippen molar-refractivity contribution in [1.82, 2.24) is 0 Å². The van der Waals surface area contributed by atoms with Crippen molar-refractivity contribution in [2.24, 2.45) is 5.11 Å². The molecule has 0 spiro atoms. The van der Waals surface area contributed by atoms with Gasteiger partial charge < -0.3 is 9.84 Å². The van der Waals surface area contributed by atoms with E-state index in [1.807, 2.05) is 0 Å². The Kier molecular flexibility index (Phi) is 2.93. The van der Waals surface area contributed by atoms with E-state index in [4.69, 9.17) is 5.53 Å². The second-order valence-corrected chi connectivity index (χ2v) is 2.38. The summed E-state index contributed by atoms with van der Waals surface area (Å²) in [6.07, 6.45) is 0. The van der Waals surface area contributed by atoms with Gasteiger partial charge in [0.1, 0.15) is 11.3 Å². The molecule has 1 N–H and O–H groups in total. The van der Waals surface area contributed by atoms with Gasteiger partial charge >= 0.3 is 5.97 Å². The molecule has 1 aromatic carbocycles. The van der Waals surface area contributed by atoms with E-state index in [0.29, 0.717) is 0 Å². The number of nitrogens with zero attached hydrogens (tertiary/aromatic N) is 3. The summed E-state index contributed by atoms with van der Waals surface area (Å²) in [6, 6.07) is 3.92. The standard InChI is InChI=1S/C8H7N3O3/c1-14-8(13)6-3-2-5(10-11-9)4-7(6)12/h2-4,12H,1H3. The second kappa shape index (κ2) is 4.15. The quantitative estimate of drug-likeness (QED) is 0.337. The van der Waals surface area contributed by atoms with Gasteiger partial charge in [-0.3, -0.25) is 0 Å². The summed E-state index contributed by atoms with van der Waals surface area (Å²) in [6.45, 7) is 0. The highest BCUT2D eigenvalue weighted by Gasteiger charge is 2.10. The topological polar surface area (TPSA) is 95.3 Å². The average Bonchev–Trinajstić information content (AvgIpc) is 2.17. The summed E-state index contributed by atoms with van der Waals surface area (Å²) in [5.41, 5.74) is 8.39. The molecule has 0 saturated carbocycles. The van der Waals surface area contributed by atoms with Crippen LogP contribution in [0.15, 0.2) is 23.3 Å². The van der Waals surface area contributed by atoms with Gasteiger partial charge in [0.05, 0.1) is 7.11 Å². The number of rotatable bonds is 2. The van der Waals surface area contributed by atoms with Gasteiger partial charge in [0.15, 0.2) is 0 Å². The number of phenolic OH excluding ortho intramolecular Hbond substituents is 1. The van der Waals surface area contributed by atoms with Crippen molar-refractivity contribution >= 4 is 11.7 Å². The molecule has 0 aliphatic heterocycles. The number of esters is 1. The first-order valence-electron chi connectivity index (χ1n) is 3.65. The maximum absolute atomic E-state index is 11.0. The van der Waals surface area contributed by atoms with Crippen LogP contribution >= 0.6 is 0 Å². The first kappa shape index (κ1) is 9.88. The van der Waals surface area contributed by atoms with E-state index < -0.39 is 5.97 Å². The zero-order valence-corrected chi connectivity index (χ0v) is 7.34. The number of azide groups is 1. The van der Waals surface area contributed by atoms with Crippen molar-refractivity contribution in [2.45, 2.75) is 0 Å². The van der Waals surface area contributed by atoms with Crippen molar-refractivity contribution in [2.75, 3.05) is 7.11 Å². The lowest BCUT2D eigenvalue weighted by atomic mass is 10.2. The van der Waals surface area contributed by atoms with E-state index in [-0.39, 0.29) is 17.0 Å². The van der Waals surface area contributed by atoms with Gasteiger partial charge in [0.2, 0.25) is 0 Å². The number of ether oxygens (including phenoxy) is 1. The molecule has 0 aliphatic carbocycles. The molecule has 0 saturated heterocycles. The minimum atomic E-state index is -0.644. The molecule has 0 fully saturated rings. The fourth-order valence-corrected chi connectivity index (χ4v) is 0.916. The van der Waals surface area contributed by atoms with E-state index in [9.17, 15) is 9.90 Å². The molecule has 6 nitrogen and oxygen atoms in total. The molecule has 72 valence electrons. The Balaban J connectivity index is 3.13. The molecule has 0 unspecified atom stereocenters. The summed E-state index contributed by atoms with van der Waals surface area (Å²) in [7, 11) is 1.21. The second-order valence-electron chi connectivity index (χ2n) is 2.38. The Hall–Kier alpha value is -2.20. The fraction of sp³-hybridized carbons (Fsp3) is 0.125. The number of carbonyl (C=O) groups is 1. The van der Waals surface area contributed by atoms with Crippen LogP contribution in [0.4, 0.5) is 5.69 Å². The molecular formula is C8H7N3O3. The van der Waals surface area contributed by atoms with Crippen LogP contribution < -0.4 is 0 Å². The Bertz CT molecular complexity index is 410. The molecular weight excluding hydrogens is 186 g/mol. The SMILES string of the molecule is COC(=O)c1ccc(N=[N+]=[N-])cc1O. The Morgan fingerprint density at radius 1 is 1.64 bits per heavy atom. The normalized spacial score (nSPS) is 8.93. The third-order valence-corrected chi connectivity index (χ3v) is 1.55. The van der Waals surface area contributed by atoms with Crippen LogP contribution in [0.3, 0.4) is 0 Å². The molecule has 1 aromatic rings. The molecule has 0 atom stereocenters. The third kappa shape index (κ3) is 1.94. The van der Waals surface area contributed by atoms with Crippen LogP contribution in [-0.2, 0) is 4.74 Å². The van der Waals surface area contributed by atoms with Gasteiger partial charge in [-0.05, 0) is 17.7 Å². The van der Waals surface area contributed by atoms with E-state index in [1.165, 1.54) is 25.3 Å². The number of methoxy groups -OCH3 is 1. The molecule has 0 radical (unpaired) electrons. The van der Waals surface area contributed by atoms with Crippen molar-refractivity contribution in [3.8, 4) is 5.75 Å². The Morgan fingerprint density at radius 3 is 2.86 bits per heavy atom. The molecule has 0 aromatic heterocycles. The lowest BCUT2D eigenvalue weighted by Crippen LogP contribution is -2.00. The zero-order chi connectivity index (χ0) is 10.6. The van der Waals surface area contributed by atoms with E-state index in [1.54, 1.807) is 0 Å². The maximum Gasteiger partial charge on any atom is 0.341 e. The summed E-state index contributed by atoms with van der Waals surface area (Å²) in [5.74, 6) is -0.920. The average molecular weight is 193 g/mol. The zero-order valence-electron chi connectivity index (χ0n) is 7.34. The van der Waals surface area contributed by atoms with Crippen LogP contribution in [0.1, 0.15) is 10.4 Å². The highest BCUT2D eigenvalue weighted by Crippen LogP contribution is 2.24. The molecule has 0 bridgehead atoms. The van der Waals surface area contributed by atoms with Crippen molar-refractivity contribution < 1.29 is 14.6 Å². The van der Waals surface area contributed by atoms with Crippen molar-refractivity contribution in [3.05, 3.63) is 34.2 Å². The summed E-state index contributed by atoms with van der Waals surface area (Å²) < 4.78 is 4.41. The van der Waals surface area contributed by atoms with Gasteiger partial charge in [-0.2, -0.15) is 0 Å². The van der Waals surface area contributed by atoms with Crippen LogP contribution in [0, 0.1) is 0 Å². The van der Waals surface area contributed by atoms with Crippen molar-refractivity contribution in [1.29, 1.82) is 0 Å². The first-order chi connectivity index (χ1) is 6.69. The van der Waals surface area contributed by atoms with Crippen LogP contribution in [0.2, 0.25) is 0 Å². The van der Waals surface area contributed by atoms with Crippen LogP contribution in [0.5, 0.6) is 5.75 Å². The fourth-order valence-electron chi connectivity index (χ4n) is 0.916. The third-order valence-electron chi connectivity index (χ3n) is 1.55. The molecule has 1 rings (SSSR count). The summed E-state index contributed by atoms with van der Waals surface area (Å²) in [4.78, 5) is 13.6. The Morgan fingerprint density at radius 2 is 2.36 bits per heavy atom. The van der Waals surface area contributed by atoms with E-state index in [2.05, 4.69) is 14.8 Å². The molecule has 6 heteroatoms.